The highest BCUT2D eigenvalue weighted by molar-refractivity contribution is 9.10. The van der Waals surface area contributed by atoms with Gasteiger partial charge in [0.25, 0.3) is 0 Å². The van der Waals surface area contributed by atoms with Crippen LogP contribution in [0.3, 0.4) is 0 Å². The molecule has 1 aromatic heterocycles. The predicted molar refractivity (Wildman–Crippen MR) is 100 cm³/mol. The number of nitriles is 1. The Hall–Kier alpha value is -1.79. The zero-order valence-electron chi connectivity index (χ0n) is 14.6. The van der Waals surface area contributed by atoms with E-state index in [9.17, 15) is 0 Å². The fourth-order valence-electron chi connectivity index (χ4n) is 2.80. The van der Waals surface area contributed by atoms with Gasteiger partial charge in [-0.3, -0.25) is 9.80 Å². The SMILES string of the molecule is N#CCCN(CCN1CCOCC1)Cc1nnc(-c2ccc(Br)cc2)o1. The molecular weight excluding hydrogens is 398 g/mol. The lowest BCUT2D eigenvalue weighted by atomic mass is 10.2. The molecule has 138 valence electrons. The van der Waals surface area contributed by atoms with Gasteiger partial charge in [0.2, 0.25) is 11.8 Å². The number of halogens is 1. The van der Waals surface area contributed by atoms with E-state index >= 15 is 0 Å². The number of hydrogen-bond acceptors (Lipinski definition) is 7. The zero-order valence-corrected chi connectivity index (χ0v) is 16.2. The van der Waals surface area contributed by atoms with E-state index in [1.165, 1.54) is 0 Å². The van der Waals surface area contributed by atoms with Gasteiger partial charge in [-0.15, -0.1) is 10.2 Å². The van der Waals surface area contributed by atoms with Crippen molar-refractivity contribution in [3.05, 3.63) is 34.6 Å². The summed E-state index contributed by atoms with van der Waals surface area (Å²) in [5.74, 6) is 1.09. The van der Waals surface area contributed by atoms with Gasteiger partial charge >= 0.3 is 0 Å². The molecule has 2 heterocycles. The summed E-state index contributed by atoms with van der Waals surface area (Å²) in [7, 11) is 0. The van der Waals surface area contributed by atoms with Crippen molar-refractivity contribution < 1.29 is 9.15 Å². The largest absolute Gasteiger partial charge is 0.419 e. The Labute approximate surface area is 161 Å². The molecule has 0 unspecified atom stereocenters. The maximum Gasteiger partial charge on any atom is 0.247 e. The monoisotopic (exact) mass is 419 g/mol. The van der Waals surface area contributed by atoms with Gasteiger partial charge in [-0.2, -0.15) is 5.26 Å². The second-order valence-corrected chi connectivity index (χ2v) is 7.06. The van der Waals surface area contributed by atoms with E-state index in [1.807, 2.05) is 24.3 Å². The highest BCUT2D eigenvalue weighted by atomic mass is 79.9. The molecule has 7 nitrogen and oxygen atoms in total. The van der Waals surface area contributed by atoms with E-state index in [4.69, 9.17) is 14.4 Å². The number of benzene rings is 1. The Kier molecular flexibility index (Phi) is 7.14. The van der Waals surface area contributed by atoms with Crippen LogP contribution in [0, 0.1) is 11.3 Å². The Balaban J connectivity index is 1.59. The fourth-order valence-corrected chi connectivity index (χ4v) is 3.07. The van der Waals surface area contributed by atoms with Crippen LogP contribution in [0.5, 0.6) is 0 Å². The number of nitrogens with zero attached hydrogens (tertiary/aromatic N) is 5. The molecule has 0 amide bonds. The maximum atomic E-state index is 8.91. The summed E-state index contributed by atoms with van der Waals surface area (Å²) in [5.41, 5.74) is 0.892. The number of aromatic nitrogens is 2. The Morgan fingerprint density at radius 1 is 1.15 bits per heavy atom. The standard InChI is InChI=1S/C18H22BrN5O2/c19-16-4-2-15(3-5-16)18-22-21-17(26-18)14-24(7-1-6-20)9-8-23-10-12-25-13-11-23/h2-5H,1,7-14H2. The molecule has 0 saturated carbocycles. The number of morpholine rings is 1. The van der Waals surface area contributed by atoms with Gasteiger partial charge in [0, 0.05) is 49.2 Å². The normalized spacial score (nSPS) is 15.3. The van der Waals surface area contributed by atoms with Gasteiger partial charge in [0.15, 0.2) is 0 Å². The van der Waals surface area contributed by atoms with Gasteiger partial charge in [-0.25, -0.2) is 0 Å². The summed E-state index contributed by atoms with van der Waals surface area (Å²) in [5, 5.41) is 17.2. The second kappa shape index (κ2) is 9.78. The maximum absolute atomic E-state index is 8.91. The molecule has 0 bridgehead atoms. The molecular formula is C18H22BrN5O2. The first-order chi connectivity index (χ1) is 12.7. The number of hydrogen-bond donors (Lipinski definition) is 0. The van der Waals surface area contributed by atoms with Crippen molar-refractivity contribution in [3.63, 3.8) is 0 Å². The fraction of sp³-hybridized carbons (Fsp3) is 0.500. The smallest absolute Gasteiger partial charge is 0.247 e. The molecule has 3 rings (SSSR count). The molecule has 0 spiro atoms. The summed E-state index contributed by atoms with van der Waals surface area (Å²) in [6.45, 7) is 6.55. The lowest BCUT2D eigenvalue weighted by Gasteiger charge is -2.29. The third kappa shape index (κ3) is 5.61. The van der Waals surface area contributed by atoms with E-state index in [2.05, 4.69) is 42.0 Å². The highest BCUT2D eigenvalue weighted by Gasteiger charge is 2.16. The van der Waals surface area contributed by atoms with Gasteiger partial charge in [-0.05, 0) is 24.3 Å². The third-order valence-electron chi connectivity index (χ3n) is 4.29. The van der Waals surface area contributed by atoms with Crippen LogP contribution in [0.4, 0.5) is 0 Å². The van der Waals surface area contributed by atoms with Crippen LogP contribution < -0.4 is 0 Å². The molecule has 1 aliphatic heterocycles. The molecule has 8 heteroatoms. The Morgan fingerprint density at radius 2 is 1.92 bits per heavy atom. The van der Waals surface area contributed by atoms with Crippen molar-refractivity contribution in [1.29, 1.82) is 5.26 Å². The van der Waals surface area contributed by atoms with Gasteiger partial charge in [-0.1, -0.05) is 15.9 Å². The van der Waals surface area contributed by atoms with Crippen LogP contribution in [0.1, 0.15) is 12.3 Å². The van der Waals surface area contributed by atoms with Crippen molar-refractivity contribution in [2.75, 3.05) is 45.9 Å². The van der Waals surface area contributed by atoms with Gasteiger partial charge < -0.3 is 9.15 Å². The summed E-state index contributed by atoms with van der Waals surface area (Å²) in [6, 6.07) is 9.98. The third-order valence-corrected chi connectivity index (χ3v) is 4.82. The van der Waals surface area contributed by atoms with Gasteiger partial charge in [0.05, 0.1) is 25.8 Å². The molecule has 1 saturated heterocycles. The van der Waals surface area contributed by atoms with Crippen molar-refractivity contribution in [1.82, 2.24) is 20.0 Å². The molecule has 0 atom stereocenters. The van der Waals surface area contributed by atoms with E-state index < -0.39 is 0 Å². The quantitative estimate of drug-likeness (QED) is 0.650. The molecule has 0 radical (unpaired) electrons. The van der Waals surface area contributed by atoms with Crippen molar-refractivity contribution in [2.45, 2.75) is 13.0 Å². The molecule has 1 fully saturated rings. The lowest BCUT2D eigenvalue weighted by molar-refractivity contribution is 0.0326. The molecule has 1 aliphatic rings. The van der Waals surface area contributed by atoms with E-state index in [0.717, 1.165) is 49.4 Å². The molecule has 0 N–H and O–H groups in total. The predicted octanol–water partition coefficient (Wildman–Crippen LogP) is 2.55. The minimum absolute atomic E-state index is 0.483. The van der Waals surface area contributed by atoms with Crippen LogP contribution in [-0.2, 0) is 11.3 Å². The lowest BCUT2D eigenvalue weighted by Crippen LogP contribution is -2.41. The first kappa shape index (κ1) is 19.0. The number of rotatable bonds is 8. The summed E-state index contributed by atoms with van der Waals surface area (Å²) in [4.78, 5) is 4.57. The van der Waals surface area contributed by atoms with Crippen molar-refractivity contribution in [3.8, 4) is 17.5 Å². The molecule has 2 aromatic rings. The molecule has 26 heavy (non-hydrogen) atoms. The summed E-state index contributed by atoms with van der Waals surface area (Å²) < 4.78 is 12.2. The van der Waals surface area contributed by atoms with Crippen LogP contribution in [0.25, 0.3) is 11.5 Å². The van der Waals surface area contributed by atoms with Gasteiger partial charge in [0.1, 0.15) is 0 Å². The minimum atomic E-state index is 0.483. The Morgan fingerprint density at radius 3 is 2.65 bits per heavy atom. The minimum Gasteiger partial charge on any atom is -0.419 e. The van der Waals surface area contributed by atoms with Crippen molar-refractivity contribution >= 4 is 15.9 Å². The average Bonchev–Trinajstić information content (AvgIpc) is 3.14. The first-order valence-corrected chi connectivity index (χ1v) is 9.51. The highest BCUT2D eigenvalue weighted by Crippen LogP contribution is 2.21. The topological polar surface area (TPSA) is 78.4 Å². The van der Waals surface area contributed by atoms with Crippen LogP contribution in [0.2, 0.25) is 0 Å². The van der Waals surface area contributed by atoms with Crippen LogP contribution in [0.15, 0.2) is 33.2 Å². The molecule has 0 aliphatic carbocycles. The second-order valence-electron chi connectivity index (χ2n) is 6.15. The first-order valence-electron chi connectivity index (χ1n) is 8.72. The van der Waals surface area contributed by atoms with Crippen LogP contribution in [-0.4, -0.2) is 65.9 Å². The average molecular weight is 420 g/mol. The van der Waals surface area contributed by atoms with Crippen LogP contribution >= 0.6 is 15.9 Å². The number of ether oxygens (including phenoxy) is 1. The van der Waals surface area contributed by atoms with E-state index in [-0.39, 0.29) is 0 Å². The Bertz CT molecular complexity index is 722. The molecule has 1 aromatic carbocycles. The summed E-state index contributed by atoms with van der Waals surface area (Å²) >= 11 is 3.42. The van der Waals surface area contributed by atoms with Crippen molar-refractivity contribution in [2.24, 2.45) is 0 Å². The van der Waals surface area contributed by atoms with E-state index in [0.29, 0.717) is 31.3 Å². The van der Waals surface area contributed by atoms with E-state index in [1.54, 1.807) is 0 Å². The summed E-state index contributed by atoms with van der Waals surface area (Å²) in [6.07, 6.45) is 0.483. The zero-order chi connectivity index (χ0) is 18.2.